The molecule has 0 aromatic carbocycles. The number of nitrogens with zero attached hydrogens (tertiary/aromatic N) is 4. The number of alkyl halides is 3. The number of halogens is 3. The summed E-state index contributed by atoms with van der Waals surface area (Å²) in [6, 6.07) is -0.177. The van der Waals surface area contributed by atoms with Crippen LogP contribution in [0.25, 0.3) is 10.6 Å². The van der Waals surface area contributed by atoms with Crippen LogP contribution in [0.15, 0.2) is 12.4 Å². The molecule has 0 spiro atoms. The zero-order valence-corrected chi connectivity index (χ0v) is 17.7. The molecule has 1 aliphatic heterocycles. The molecule has 0 unspecified atom stereocenters. The minimum Gasteiger partial charge on any atom is -0.351 e. The Morgan fingerprint density at radius 1 is 1.23 bits per heavy atom. The van der Waals surface area contributed by atoms with Crippen molar-refractivity contribution in [3.63, 3.8) is 0 Å². The molecule has 1 fully saturated rings. The lowest BCUT2D eigenvalue weighted by Gasteiger charge is -2.30. The third-order valence-electron chi connectivity index (χ3n) is 4.37. The third kappa shape index (κ3) is 5.43. The van der Waals surface area contributed by atoms with Crippen molar-refractivity contribution in [2.75, 3.05) is 30.0 Å². The van der Waals surface area contributed by atoms with Crippen LogP contribution in [0.1, 0.15) is 25.3 Å². The molecule has 1 saturated heterocycles. The number of hydrogen-bond donors (Lipinski definition) is 2. The molecule has 1 amide bonds. The average Bonchev–Trinajstić information content (AvgIpc) is 3.08. The van der Waals surface area contributed by atoms with E-state index in [1.54, 1.807) is 0 Å². The second-order valence-electron chi connectivity index (χ2n) is 6.75. The molecule has 0 radical (unpaired) electrons. The highest BCUT2D eigenvalue weighted by Crippen LogP contribution is 2.38. The first-order valence-corrected chi connectivity index (χ1v) is 11.5. The first-order valence-electron chi connectivity index (χ1n) is 8.83. The van der Waals surface area contributed by atoms with E-state index in [-0.39, 0.29) is 27.7 Å². The predicted octanol–water partition coefficient (Wildman–Crippen LogP) is 2.41. The minimum atomic E-state index is -4.67. The fourth-order valence-corrected chi connectivity index (χ4v) is 4.69. The van der Waals surface area contributed by atoms with Gasteiger partial charge in [-0.15, -0.1) is 0 Å². The van der Waals surface area contributed by atoms with Gasteiger partial charge in [0.15, 0.2) is 5.13 Å². The van der Waals surface area contributed by atoms with Crippen molar-refractivity contribution in [1.82, 2.24) is 19.3 Å². The zero-order chi connectivity index (χ0) is 22.1. The fourth-order valence-electron chi connectivity index (χ4n) is 2.95. The summed E-state index contributed by atoms with van der Waals surface area (Å²) in [6.45, 7) is 1.88. The molecule has 3 rings (SSSR count). The average molecular weight is 464 g/mol. The number of hydrogen-bond acceptors (Lipinski definition) is 8. The molecule has 2 aromatic rings. The van der Waals surface area contributed by atoms with Gasteiger partial charge in [-0.3, -0.25) is 4.79 Å². The van der Waals surface area contributed by atoms with Crippen molar-refractivity contribution in [3.05, 3.63) is 18.0 Å². The number of nitrogens with one attached hydrogen (secondary N) is 2. The van der Waals surface area contributed by atoms with Crippen molar-refractivity contribution in [2.45, 2.75) is 32.0 Å². The van der Waals surface area contributed by atoms with Gasteiger partial charge in [-0.1, -0.05) is 11.3 Å². The number of rotatable bonds is 5. The second-order valence-corrected chi connectivity index (χ2v) is 9.76. The van der Waals surface area contributed by atoms with Crippen LogP contribution < -0.4 is 10.6 Å². The van der Waals surface area contributed by atoms with E-state index in [0.717, 1.165) is 17.6 Å². The van der Waals surface area contributed by atoms with Gasteiger partial charge in [-0.2, -0.15) is 13.2 Å². The summed E-state index contributed by atoms with van der Waals surface area (Å²) in [6.07, 6.45) is -0.681. The monoisotopic (exact) mass is 464 g/mol. The molecular weight excluding hydrogens is 445 g/mol. The largest absolute Gasteiger partial charge is 0.420 e. The molecule has 0 atom stereocenters. The Kier molecular flexibility index (Phi) is 6.29. The van der Waals surface area contributed by atoms with Crippen LogP contribution in [0.2, 0.25) is 0 Å². The van der Waals surface area contributed by atoms with Crippen molar-refractivity contribution in [3.8, 4) is 10.6 Å². The fraction of sp³-hybridized carbons (Fsp3) is 0.500. The van der Waals surface area contributed by atoms with E-state index in [0.29, 0.717) is 32.1 Å². The smallest absolute Gasteiger partial charge is 0.351 e. The van der Waals surface area contributed by atoms with Crippen LogP contribution in [0.3, 0.4) is 0 Å². The molecule has 30 heavy (non-hydrogen) atoms. The molecule has 1 aliphatic rings. The number of thiazole rings is 1. The highest BCUT2D eigenvalue weighted by atomic mass is 32.2. The number of piperidine rings is 1. The SMILES string of the molecule is CC(=O)Nc1ncc(-c2nc(NC3CCN(S(C)(=O)=O)CC3)ncc2C(F)(F)F)s1. The maximum atomic E-state index is 13.4. The Bertz CT molecular complexity index is 1030. The lowest BCUT2D eigenvalue weighted by molar-refractivity contribution is -0.137. The Morgan fingerprint density at radius 3 is 2.47 bits per heavy atom. The summed E-state index contributed by atoms with van der Waals surface area (Å²) in [5.41, 5.74) is -1.36. The summed E-state index contributed by atoms with van der Waals surface area (Å²) in [7, 11) is -3.28. The van der Waals surface area contributed by atoms with E-state index >= 15 is 0 Å². The van der Waals surface area contributed by atoms with Crippen molar-refractivity contribution in [1.29, 1.82) is 0 Å². The molecule has 0 aliphatic carbocycles. The number of aromatic nitrogens is 3. The number of carbonyl (C=O) groups is 1. The standard InChI is InChI=1S/C16H19F3N6O3S2/c1-9(26)22-15-21-8-12(29-15)13-11(16(17,18)19)7-20-14(24-13)23-10-3-5-25(6-4-10)30(2,27)28/h7-8,10H,3-6H2,1-2H3,(H,20,23,24)(H,21,22,26). The van der Waals surface area contributed by atoms with Gasteiger partial charge in [0.05, 0.1) is 16.8 Å². The Morgan fingerprint density at radius 2 is 1.90 bits per heavy atom. The number of sulfonamides is 1. The first-order chi connectivity index (χ1) is 13.9. The quantitative estimate of drug-likeness (QED) is 0.698. The molecule has 0 bridgehead atoms. The van der Waals surface area contributed by atoms with Gasteiger partial charge in [0, 0.05) is 38.4 Å². The van der Waals surface area contributed by atoms with E-state index < -0.39 is 27.7 Å². The maximum Gasteiger partial charge on any atom is 0.420 e. The molecule has 3 heterocycles. The van der Waals surface area contributed by atoms with E-state index in [4.69, 9.17) is 0 Å². The minimum absolute atomic E-state index is 0.00489. The summed E-state index contributed by atoms with van der Waals surface area (Å²) in [5, 5.41) is 5.57. The summed E-state index contributed by atoms with van der Waals surface area (Å²) in [4.78, 5) is 23.0. The highest BCUT2D eigenvalue weighted by molar-refractivity contribution is 7.88. The maximum absolute atomic E-state index is 13.4. The molecule has 2 aromatic heterocycles. The normalized spacial score (nSPS) is 16.4. The van der Waals surface area contributed by atoms with Crippen LogP contribution >= 0.6 is 11.3 Å². The van der Waals surface area contributed by atoms with Crippen LogP contribution in [0.4, 0.5) is 24.3 Å². The summed E-state index contributed by atoms with van der Waals surface area (Å²) in [5.74, 6) is -0.386. The first kappa shape index (κ1) is 22.4. The van der Waals surface area contributed by atoms with E-state index in [1.165, 1.54) is 17.4 Å². The van der Waals surface area contributed by atoms with Gasteiger partial charge in [0.25, 0.3) is 0 Å². The third-order valence-corrected chi connectivity index (χ3v) is 6.60. The molecule has 14 heteroatoms. The van der Waals surface area contributed by atoms with E-state index in [1.807, 2.05) is 0 Å². The van der Waals surface area contributed by atoms with E-state index in [2.05, 4.69) is 25.6 Å². The number of anilines is 2. The van der Waals surface area contributed by atoms with Crippen molar-refractivity contribution < 1.29 is 26.4 Å². The van der Waals surface area contributed by atoms with Crippen LogP contribution in [0.5, 0.6) is 0 Å². The van der Waals surface area contributed by atoms with Gasteiger partial charge in [-0.05, 0) is 12.8 Å². The molecule has 9 nitrogen and oxygen atoms in total. The van der Waals surface area contributed by atoms with Gasteiger partial charge >= 0.3 is 6.18 Å². The predicted molar refractivity (Wildman–Crippen MR) is 106 cm³/mol. The number of carbonyl (C=O) groups excluding carboxylic acids is 1. The van der Waals surface area contributed by atoms with Gasteiger partial charge in [0.1, 0.15) is 5.56 Å². The van der Waals surface area contributed by atoms with Crippen LogP contribution in [-0.4, -0.2) is 59.0 Å². The molecule has 164 valence electrons. The Labute approximate surface area is 174 Å². The van der Waals surface area contributed by atoms with Crippen LogP contribution in [0, 0.1) is 0 Å². The van der Waals surface area contributed by atoms with E-state index in [9.17, 15) is 26.4 Å². The highest BCUT2D eigenvalue weighted by Gasteiger charge is 2.36. The summed E-state index contributed by atoms with van der Waals surface area (Å²) >= 11 is 0.868. The van der Waals surface area contributed by atoms with Crippen LogP contribution in [-0.2, 0) is 21.0 Å². The Hall–Kier alpha value is -2.32. The van der Waals surface area contributed by atoms with Crippen molar-refractivity contribution in [2.24, 2.45) is 0 Å². The lowest BCUT2D eigenvalue weighted by atomic mass is 10.1. The van der Waals surface area contributed by atoms with Gasteiger partial charge < -0.3 is 10.6 Å². The number of amides is 1. The molecular formula is C16H19F3N6O3S2. The van der Waals surface area contributed by atoms with Gasteiger partial charge in [-0.25, -0.2) is 27.7 Å². The van der Waals surface area contributed by atoms with Crippen molar-refractivity contribution >= 4 is 38.3 Å². The summed E-state index contributed by atoms with van der Waals surface area (Å²) < 4.78 is 64.9. The molecule has 2 N–H and O–H groups in total. The topological polar surface area (TPSA) is 117 Å². The zero-order valence-electron chi connectivity index (χ0n) is 16.0. The molecule has 0 saturated carbocycles. The van der Waals surface area contributed by atoms with Gasteiger partial charge in [0.2, 0.25) is 21.9 Å². The Balaban J connectivity index is 1.83. The lowest BCUT2D eigenvalue weighted by Crippen LogP contribution is -2.42. The second kappa shape index (κ2) is 8.43.